The van der Waals surface area contributed by atoms with Crippen LogP contribution in [0, 0.1) is 10.1 Å². The van der Waals surface area contributed by atoms with Crippen LogP contribution < -0.4 is 10.6 Å². The van der Waals surface area contributed by atoms with E-state index in [1.165, 1.54) is 17.0 Å². The first kappa shape index (κ1) is 16.7. The van der Waals surface area contributed by atoms with Gasteiger partial charge in [-0.05, 0) is 30.7 Å². The van der Waals surface area contributed by atoms with Crippen molar-refractivity contribution < 1.29 is 9.72 Å². The summed E-state index contributed by atoms with van der Waals surface area (Å²) in [6.45, 7) is 1.83. The second-order valence-electron chi connectivity index (χ2n) is 6.50. The number of nitro benzene ring substituents is 1. The van der Waals surface area contributed by atoms with Crippen molar-refractivity contribution in [1.29, 1.82) is 0 Å². The SMILES string of the molecule is CN1CCc2c(sc3c2C(=O)NC(/C=C\c2cccc([N+](=O)[O-])c2)N3)C1. The van der Waals surface area contributed by atoms with Crippen molar-refractivity contribution >= 4 is 34.0 Å². The molecule has 1 aromatic carbocycles. The molecule has 7 nitrogen and oxygen atoms in total. The van der Waals surface area contributed by atoms with E-state index in [1.54, 1.807) is 29.5 Å². The summed E-state index contributed by atoms with van der Waals surface area (Å²) in [5.41, 5.74) is 2.70. The zero-order valence-electron chi connectivity index (χ0n) is 14.2. The number of likely N-dealkylation sites (N-methyl/N-ethyl adjacent to an activating group) is 1. The van der Waals surface area contributed by atoms with Crippen molar-refractivity contribution in [2.45, 2.75) is 19.1 Å². The molecule has 0 radical (unpaired) electrons. The van der Waals surface area contributed by atoms with Gasteiger partial charge >= 0.3 is 0 Å². The van der Waals surface area contributed by atoms with Crippen molar-refractivity contribution in [3.63, 3.8) is 0 Å². The molecule has 1 amide bonds. The molecule has 0 saturated heterocycles. The number of fused-ring (bicyclic) bond motifs is 3. The number of hydrogen-bond donors (Lipinski definition) is 2. The average Bonchev–Trinajstić information content (AvgIpc) is 2.97. The molecule has 1 aromatic heterocycles. The molecule has 2 aliphatic rings. The third-order valence-electron chi connectivity index (χ3n) is 4.61. The summed E-state index contributed by atoms with van der Waals surface area (Å²) in [4.78, 5) is 26.5. The average molecular weight is 370 g/mol. The van der Waals surface area contributed by atoms with Gasteiger partial charge in [-0.2, -0.15) is 0 Å². The Morgan fingerprint density at radius 3 is 3.04 bits per heavy atom. The first-order valence-electron chi connectivity index (χ1n) is 8.34. The predicted molar refractivity (Wildman–Crippen MR) is 101 cm³/mol. The van der Waals surface area contributed by atoms with E-state index in [0.29, 0.717) is 5.56 Å². The minimum Gasteiger partial charge on any atom is -0.353 e. The minimum absolute atomic E-state index is 0.0464. The number of non-ortho nitro benzene ring substituents is 1. The van der Waals surface area contributed by atoms with Crippen molar-refractivity contribution in [3.05, 3.63) is 62.0 Å². The molecule has 134 valence electrons. The molecule has 8 heteroatoms. The Labute approximate surface area is 154 Å². The highest BCUT2D eigenvalue weighted by molar-refractivity contribution is 7.16. The van der Waals surface area contributed by atoms with Crippen LogP contribution in [-0.2, 0) is 13.0 Å². The van der Waals surface area contributed by atoms with Crippen LogP contribution in [-0.4, -0.2) is 35.5 Å². The third kappa shape index (κ3) is 3.09. The van der Waals surface area contributed by atoms with Gasteiger partial charge in [0.15, 0.2) is 0 Å². The maximum atomic E-state index is 12.6. The van der Waals surface area contributed by atoms with E-state index in [9.17, 15) is 14.9 Å². The Hall–Kier alpha value is -2.71. The van der Waals surface area contributed by atoms with Gasteiger partial charge in [-0.1, -0.05) is 18.2 Å². The Morgan fingerprint density at radius 1 is 1.38 bits per heavy atom. The van der Waals surface area contributed by atoms with Gasteiger partial charge < -0.3 is 15.5 Å². The molecular weight excluding hydrogens is 352 g/mol. The maximum absolute atomic E-state index is 12.6. The van der Waals surface area contributed by atoms with Crippen LogP contribution in [0.15, 0.2) is 30.3 Å². The zero-order valence-corrected chi connectivity index (χ0v) is 15.0. The molecule has 2 N–H and O–H groups in total. The van der Waals surface area contributed by atoms with E-state index in [4.69, 9.17) is 0 Å². The van der Waals surface area contributed by atoms with Crippen molar-refractivity contribution in [2.75, 3.05) is 18.9 Å². The molecule has 2 aromatic rings. The molecular formula is C18H18N4O3S. The fourth-order valence-corrected chi connectivity index (χ4v) is 4.67. The zero-order chi connectivity index (χ0) is 18.3. The number of benzene rings is 1. The van der Waals surface area contributed by atoms with Gasteiger partial charge in [0.1, 0.15) is 11.2 Å². The number of carbonyl (C=O) groups is 1. The molecule has 1 atom stereocenters. The predicted octanol–water partition coefficient (Wildman–Crippen LogP) is 2.84. The van der Waals surface area contributed by atoms with Gasteiger partial charge in [0.25, 0.3) is 11.6 Å². The van der Waals surface area contributed by atoms with Crippen LogP contribution in [0.25, 0.3) is 6.08 Å². The second-order valence-corrected chi connectivity index (χ2v) is 7.61. The largest absolute Gasteiger partial charge is 0.353 e. The maximum Gasteiger partial charge on any atom is 0.270 e. The highest BCUT2D eigenvalue weighted by Crippen LogP contribution is 2.38. The highest BCUT2D eigenvalue weighted by atomic mass is 32.1. The lowest BCUT2D eigenvalue weighted by Gasteiger charge is -2.25. The summed E-state index contributed by atoms with van der Waals surface area (Å²) in [7, 11) is 2.08. The number of rotatable bonds is 3. The summed E-state index contributed by atoms with van der Waals surface area (Å²) < 4.78 is 0. The first-order valence-corrected chi connectivity index (χ1v) is 9.16. The quantitative estimate of drug-likeness (QED) is 0.641. The van der Waals surface area contributed by atoms with Crippen LogP contribution in [0.4, 0.5) is 10.7 Å². The molecule has 0 aliphatic carbocycles. The number of hydrogen-bond acceptors (Lipinski definition) is 6. The lowest BCUT2D eigenvalue weighted by atomic mass is 10.0. The summed E-state index contributed by atoms with van der Waals surface area (Å²) >= 11 is 1.64. The summed E-state index contributed by atoms with van der Waals surface area (Å²) in [6, 6.07) is 6.40. The number of nitrogens with one attached hydrogen (secondary N) is 2. The van der Waals surface area contributed by atoms with Crippen molar-refractivity contribution in [1.82, 2.24) is 10.2 Å². The fraction of sp³-hybridized carbons (Fsp3) is 0.278. The smallest absolute Gasteiger partial charge is 0.270 e. The Morgan fingerprint density at radius 2 is 2.23 bits per heavy atom. The molecule has 0 bridgehead atoms. The van der Waals surface area contributed by atoms with E-state index in [2.05, 4.69) is 22.6 Å². The molecule has 3 heterocycles. The molecule has 4 rings (SSSR count). The van der Waals surface area contributed by atoms with Gasteiger partial charge in [0, 0.05) is 30.1 Å². The van der Waals surface area contributed by atoms with E-state index < -0.39 is 4.92 Å². The molecule has 26 heavy (non-hydrogen) atoms. The summed E-state index contributed by atoms with van der Waals surface area (Å²) in [5, 5.41) is 18.1. The molecule has 0 fully saturated rings. The normalized spacial score (nSPS) is 19.6. The Balaban J connectivity index is 1.55. The minimum atomic E-state index is -0.419. The molecule has 1 unspecified atom stereocenters. The van der Waals surface area contributed by atoms with Gasteiger partial charge in [-0.15, -0.1) is 11.3 Å². The number of thiophene rings is 1. The van der Waals surface area contributed by atoms with Gasteiger partial charge in [-0.25, -0.2) is 0 Å². The highest BCUT2D eigenvalue weighted by Gasteiger charge is 2.31. The topological polar surface area (TPSA) is 87.5 Å². The monoisotopic (exact) mass is 370 g/mol. The summed E-state index contributed by atoms with van der Waals surface area (Å²) in [5.74, 6) is -0.0607. The Bertz CT molecular complexity index is 921. The molecule has 2 aliphatic heterocycles. The fourth-order valence-electron chi connectivity index (χ4n) is 3.31. The van der Waals surface area contributed by atoms with E-state index in [-0.39, 0.29) is 17.8 Å². The lowest BCUT2D eigenvalue weighted by Crippen LogP contribution is -2.43. The second kappa shape index (κ2) is 6.54. The van der Waals surface area contributed by atoms with E-state index in [1.807, 2.05) is 6.08 Å². The molecule has 0 saturated carbocycles. The number of anilines is 1. The van der Waals surface area contributed by atoms with Crippen molar-refractivity contribution in [3.8, 4) is 0 Å². The standard InChI is InChI=1S/C18H18N4O3S/c1-21-8-7-13-14(10-21)26-18-16(13)17(23)19-15(20-18)6-5-11-3-2-4-12(9-11)22(24)25/h2-6,9,15,20H,7-8,10H2,1H3,(H,19,23)/b6-5-. The van der Waals surface area contributed by atoms with Gasteiger partial charge in [0.05, 0.1) is 10.5 Å². The van der Waals surface area contributed by atoms with Crippen LogP contribution in [0.2, 0.25) is 0 Å². The van der Waals surface area contributed by atoms with Crippen LogP contribution in [0.3, 0.4) is 0 Å². The van der Waals surface area contributed by atoms with E-state index in [0.717, 1.165) is 35.6 Å². The van der Waals surface area contributed by atoms with Gasteiger partial charge in [0.2, 0.25) is 0 Å². The lowest BCUT2D eigenvalue weighted by molar-refractivity contribution is -0.384. The third-order valence-corrected chi connectivity index (χ3v) is 5.76. The molecule has 0 spiro atoms. The van der Waals surface area contributed by atoms with Crippen LogP contribution >= 0.6 is 11.3 Å². The van der Waals surface area contributed by atoms with Crippen LogP contribution in [0.5, 0.6) is 0 Å². The van der Waals surface area contributed by atoms with Crippen LogP contribution in [0.1, 0.15) is 26.4 Å². The van der Waals surface area contributed by atoms with Gasteiger partial charge in [-0.3, -0.25) is 14.9 Å². The number of nitrogens with zero attached hydrogens (tertiary/aromatic N) is 2. The Kier molecular flexibility index (Phi) is 4.21. The number of carbonyl (C=O) groups excluding carboxylic acids is 1. The first-order chi connectivity index (χ1) is 12.5. The number of amides is 1. The van der Waals surface area contributed by atoms with Crippen molar-refractivity contribution in [2.24, 2.45) is 0 Å². The van der Waals surface area contributed by atoms with E-state index >= 15 is 0 Å². The summed E-state index contributed by atoms with van der Waals surface area (Å²) in [6.07, 6.45) is 4.13. The number of nitro groups is 1.